The van der Waals surface area contributed by atoms with Gasteiger partial charge in [-0.05, 0) is 246 Å². The van der Waals surface area contributed by atoms with Crippen LogP contribution in [0.15, 0.2) is 84.9 Å². The molecule has 0 saturated carbocycles. The molecule has 0 amide bonds. The van der Waals surface area contributed by atoms with E-state index in [1.54, 1.807) is 0 Å². The second kappa shape index (κ2) is 58.4. The molecular weight excluding hydrogens is 1360 g/mol. The summed E-state index contributed by atoms with van der Waals surface area (Å²) in [5.41, 5.74) is 13.9. The van der Waals surface area contributed by atoms with Gasteiger partial charge in [0.15, 0.2) is 0 Å². The Hall–Kier alpha value is -3.08. The molecule has 0 fully saturated rings. The molecule has 0 aliphatic carbocycles. The summed E-state index contributed by atoms with van der Waals surface area (Å²) in [6.07, 6.45) is 20.1. The van der Waals surface area contributed by atoms with Crippen molar-refractivity contribution >= 4 is 81.0 Å². The molecule has 0 aromatic heterocycles. The zero-order chi connectivity index (χ0) is 70.7. The lowest BCUT2D eigenvalue weighted by Crippen LogP contribution is -2.29. The molecule has 97 heavy (non-hydrogen) atoms. The molecule has 0 spiro atoms. The highest BCUT2D eigenvalue weighted by Gasteiger charge is 2.20. The number of hydrogen-bond acceptors (Lipinski definition) is 15. The van der Waals surface area contributed by atoms with Crippen LogP contribution in [0.5, 0.6) is 0 Å². The quantitative estimate of drug-likeness (QED) is 0.0127. The minimum Gasteiger partial charge on any atom is -0.396 e. The lowest BCUT2D eigenvalue weighted by molar-refractivity contribution is 0.280. The Kier molecular flexibility index (Phi) is 55.4. The van der Waals surface area contributed by atoms with Gasteiger partial charge in [0, 0.05) is 112 Å². The number of unbranched alkanes of at least 4 members (excludes halogenated alkanes) is 6. The normalized spacial score (nSPS) is 11.9. The van der Waals surface area contributed by atoms with E-state index in [1.165, 1.54) is 16.7 Å². The van der Waals surface area contributed by atoms with Crippen LogP contribution in [-0.4, -0.2) is 178 Å². The Bertz CT molecular complexity index is 2520. The van der Waals surface area contributed by atoms with Gasteiger partial charge in [-0.1, -0.05) is 103 Å². The summed E-state index contributed by atoms with van der Waals surface area (Å²) in [5.74, 6) is 0. The summed E-state index contributed by atoms with van der Waals surface area (Å²) in [4.78, 5) is 3.91. The highest BCUT2D eigenvalue weighted by Crippen LogP contribution is 2.38. The number of aliphatic hydroxyl groups is 13. The minimum absolute atomic E-state index is 0. The first-order valence-corrected chi connectivity index (χ1v) is 37.0. The van der Waals surface area contributed by atoms with E-state index in [-0.39, 0.29) is 109 Å². The van der Waals surface area contributed by atoms with Crippen molar-refractivity contribution < 1.29 is 66.4 Å². The molecular formula is C76H118Cl6N2O13. The maximum atomic E-state index is 9.15. The molecule has 5 aromatic rings. The fourth-order valence-corrected chi connectivity index (χ4v) is 12.8. The van der Waals surface area contributed by atoms with Crippen LogP contribution in [0, 0.1) is 0 Å². The molecule has 552 valence electrons. The fourth-order valence-electron chi connectivity index (χ4n) is 11.0. The van der Waals surface area contributed by atoms with Crippen molar-refractivity contribution in [2.75, 3.05) is 122 Å². The molecule has 3 unspecified atom stereocenters. The molecule has 13 N–H and O–H groups in total. The highest BCUT2D eigenvalue weighted by molar-refractivity contribution is 6.37. The maximum absolute atomic E-state index is 9.15. The molecule has 5 aromatic carbocycles. The van der Waals surface area contributed by atoms with Crippen LogP contribution in [-0.2, 0) is 44.9 Å². The van der Waals surface area contributed by atoms with Gasteiger partial charge in [-0.2, -0.15) is 0 Å². The van der Waals surface area contributed by atoms with E-state index in [0.29, 0.717) is 64.7 Å². The van der Waals surface area contributed by atoms with Crippen molar-refractivity contribution in [1.82, 2.24) is 0 Å². The van der Waals surface area contributed by atoms with E-state index in [0.717, 1.165) is 193 Å². The third-order valence-electron chi connectivity index (χ3n) is 16.3. The lowest BCUT2D eigenvalue weighted by atomic mass is 9.95. The number of aryl methyl sites for hydroxylation is 5. The van der Waals surface area contributed by atoms with Crippen molar-refractivity contribution in [3.8, 4) is 0 Å². The zero-order valence-corrected chi connectivity index (χ0v) is 61.0. The molecule has 0 bridgehead atoms. The first-order valence-electron chi connectivity index (χ1n) is 34.6. The largest absolute Gasteiger partial charge is 0.396 e. The second-order valence-corrected chi connectivity index (χ2v) is 26.6. The number of aliphatic hydroxyl groups excluding tert-OH is 13. The number of anilines is 2. The third kappa shape index (κ3) is 37.6. The average molecular weight is 1480 g/mol. The minimum atomic E-state index is -0.209. The van der Waals surface area contributed by atoms with E-state index < -0.39 is 0 Å². The highest BCUT2D eigenvalue weighted by atomic mass is 35.5. The molecule has 0 saturated heterocycles. The predicted molar refractivity (Wildman–Crippen MR) is 404 cm³/mol. The van der Waals surface area contributed by atoms with E-state index in [9.17, 15) is 0 Å². The van der Waals surface area contributed by atoms with Gasteiger partial charge in [-0.15, -0.1) is 34.8 Å². The SMILES string of the molecule is C.OCCCC(Cl)c1cc(C(Cl)CCCO)cc(C(Cl)CCCO)c1.OCCCCc1cc(CCCCO)c(Cl)c(CCCCO)c1.OCCCCc1cc(CCCCO)c(Cl)c(CCCCO)c1Cl.OCCN(CCO)c1ccc(Cc2ccc(N(CCO)CCO)cc2)cc1. The molecule has 5 rings (SSSR count). The molecule has 3 atom stereocenters. The number of nitrogens with zero attached hydrogens (tertiary/aromatic N) is 2. The number of alkyl halides is 3. The van der Waals surface area contributed by atoms with Crippen molar-refractivity contribution in [3.63, 3.8) is 0 Å². The van der Waals surface area contributed by atoms with Crippen LogP contribution in [0.4, 0.5) is 11.4 Å². The standard InChI is InChI=1S/C21H30N2O4.C18H27Cl3O3.C18H28Cl2O3.C18H29ClO3.CH4/c24-13-9-22(10-14-25)20-5-1-18(2-6-20)17-19-3-7-21(8-4-19)23(11-15-26)12-16-27;19-16(4-1-7-22)13-10-14(17(20)5-2-8-23)12-15(11-13)18(21)6-3-9-24;19-17-14(7-1-4-10-21)13-15(8-2-5-11-22)18(20)16(17)9-3-6-12-23;19-18-16(8-2-5-11-21)13-15(7-1-4-10-20)14-17(18)9-3-6-12-22;/h1-8,24-27H,9-17H2;10-12,16-18,22-24H,1-9H2;13,21-23H,1-12H2;13-14,20-22H,1-12H2;1H4. The Morgan fingerprint density at radius 2 is 0.546 bits per heavy atom. The van der Waals surface area contributed by atoms with E-state index >= 15 is 0 Å². The molecule has 0 aliphatic rings. The van der Waals surface area contributed by atoms with Gasteiger partial charge in [-0.3, -0.25) is 0 Å². The number of rotatable bonds is 48. The fraction of sp³-hybridized carbons (Fsp3) is 0.605. The monoisotopic (exact) mass is 1480 g/mol. The Labute approximate surface area is 610 Å². The van der Waals surface area contributed by atoms with Crippen molar-refractivity contribution in [2.45, 2.75) is 184 Å². The summed E-state index contributed by atoms with van der Waals surface area (Å²) in [6, 6.07) is 28.7. The summed E-state index contributed by atoms with van der Waals surface area (Å²) in [5, 5.41) is 119. The number of hydrogen-bond donors (Lipinski definition) is 13. The summed E-state index contributed by atoms with van der Waals surface area (Å²) < 4.78 is 0. The van der Waals surface area contributed by atoms with Crippen molar-refractivity contribution in [3.05, 3.63) is 161 Å². The summed E-state index contributed by atoms with van der Waals surface area (Å²) in [7, 11) is 0. The van der Waals surface area contributed by atoms with Crippen LogP contribution in [0.2, 0.25) is 15.1 Å². The van der Waals surface area contributed by atoms with Gasteiger partial charge in [-0.25, -0.2) is 0 Å². The smallest absolute Gasteiger partial charge is 0.0606 e. The van der Waals surface area contributed by atoms with Gasteiger partial charge in [0.25, 0.3) is 0 Å². The predicted octanol–water partition coefficient (Wildman–Crippen LogP) is 13.6. The molecule has 21 heteroatoms. The molecule has 0 heterocycles. The first kappa shape index (κ1) is 91.9. The molecule has 0 radical (unpaired) electrons. The lowest BCUT2D eigenvalue weighted by Gasteiger charge is -2.23. The van der Waals surface area contributed by atoms with Crippen molar-refractivity contribution in [1.29, 1.82) is 0 Å². The van der Waals surface area contributed by atoms with Crippen LogP contribution < -0.4 is 9.80 Å². The number of halogens is 6. The van der Waals surface area contributed by atoms with E-state index in [1.807, 2.05) is 52.3 Å². The average Bonchev–Trinajstić information content (AvgIpc) is 0.846. The van der Waals surface area contributed by atoms with Crippen LogP contribution in [0.3, 0.4) is 0 Å². The maximum Gasteiger partial charge on any atom is 0.0606 e. The Morgan fingerprint density at radius 3 is 0.825 bits per heavy atom. The van der Waals surface area contributed by atoms with Gasteiger partial charge in [0.2, 0.25) is 0 Å². The first-order chi connectivity index (χ1) is 46.6. The third-order valence-corrected chi connectivity index (χ3v) is 19.1. The van der Waals surface area contributed by atoms with Crippen LogP contribution >= 0.6 is 69.6 Å². The van der Waals surface area contributed by atoms with Gasteiger partial charge >= 0.3 is 0 Å². The van der Waals surface area contributed by atoms with Crippen LogP contribution in [0.1, 0.15) is 200 Å². The van der Waals surface area contributed by atoms with Crippen molar-refractivity contribution in [2.24, 2.45) is 0 Å². The van der Waals surface area contributed by atoms with E-state index in [2.05, 4.69) is 42.5 Å². The second-order valence-electron chi connectivity index (χ2n) is 23.9. The Balaban J connectivity index is 0.000000646. The van der Waals surface area contributed by atoms with Gasteiger partial charge in [0.1, 0.15) is 0 Å². The van der Waals surface area contributed by atoms with Gasteiger partial charge in [0.05, 0.1) is 42.6 Å². The summed E-state index contributed by atoms with van der Waals surface area (Å²) in [6.45, 7) is 3.78. The topological polar surface area (TPSA) is 269 Å². The molecule has 15 nitrogen and oxygen atoms in total. The van der Waals surface area contributed by atoms with E-state index in [4.69, 9.17) is 136 Å². The molecule has 0 aliphatic heterocycles. The van der Waals surface area contributed by atoms with Gasteiger partial charge < -0.3 is 76.2 Å². The van der Waals surface area contributed by atoms with Crippen LogP contribution in [0.25, 0.3) is 0 Å². The zero-order valence-electron chi connectivity index (χ0n) is 56.5. The summed E-state index contributed by atoms with van der Waals surface area (Å²) >= 11 is 39.1. The number of benzene rings is 5. The Morgan fingerprint density at radius 1 is 0.278 bits per heavy atom.